The Bertz CT molecular complexity index is 1800. The third kappa shape index (κ3) is 8.54. The van der Waals surface area contributed by atoms with E-state index in [1.165, 1.54) is 30.9 Å². The molecule has 1 fully saturated rings. The second kappa shape index (κ2) is 14.2. The van der Waals surface area contributed by atoms with E-state index in [0.29, 0.717) is 44.2 Å². The van der Waals surface area contributed by atoms with Gasteiger partial charge in [0.15, 0.2) is 11.8 Å². The molecule has 0 spiro atoms. The molecule has 17 heteroatoms. The van der Waals surface area contributed by atoms with Crippen LogP contribution in [0.1, 0.15) is 55.7 Å². The third-order valence-electron chi connectivity index (χ3n) is 7.69. The van der Waals surface area contributed by atoms with Gasteiger partial charge in [-0.15, -0.1) is 0 Å². The van der Waals surface area contributed by atoms with Gasteiger partial charge < -0.3 is 10.5 Å². The first kappa shape index (κ1) is 35.3. The summed E-state index contributed by atoms with van der Waals surface area (Å²) in [4.78, 5) is 37.8. The molecular formula is C32H34ClF4N9O3. The number of carbonyl (C=O) groups is 2. The Hall–Kier alpha value is -4.99. The van der Waals surface area contributed by atoms with E-state index in [1.54, 1.807) is 30.3 Å². The van der Waals surface area contributed by atoms with Crippen LogP contribution in [0.15, 0.2) is 66.2 Å². The second-order valence-corrected chi connectivity index (χ2v) is 13.1. The minimum absolute atomic E-state index is 0.108. The van der Waals surface area contributed by atoms with Crippen LogP contribution in [0.25, 0.3) is 22.5 Å². The Labute approximate surface area is 283 Å². The largest absolute Gasteiger partial charge is 0.447 e. The van der Waals surface area contributed by atoms with Crippen molar-refractivity contribution in [3.63, 3.8) is 0 Å². The van der Waals surface area contributed by atoms with Crippen molar-refractivity contribution in [3.05, 3.63) is 77.3 Å². The van der Waals surface area contributed by atoms with E-state index in [-0.39, 0.29) is 23.5 Å². The first-order chi connectivity index (χ1) is 23.1. The second-order valence-electron chi connectivity index (χ2n) is 12.7. The van der Waals surface area contributed by atoms with Crippen LogP contribution in [0.4, 0.5) is 22.4 Å². The number of H-pyrrole nitrogens is 1. The van der Waals surface area contributed by atoms with Crippen molar-refractivity contribution in [1.82, 2.24) is 34.8 Å². The van der Waals surface area contributed by atoms with Crippen LogP contribution >= 0.6 is 11.6 Å². The Balaban J connectivity index is 1.54. The molecule has 2 aromatic carbocycles. The average molecular weight is 704 g/mol. The molecular weight excluding hydrogens is 670 g/mol. The zero-order chi connectivity index (χ0) is 35.5. The number of rotatable bonds is 10. The fourth-order valence-corrected chi connectivity index (χ4v) is 5.20. The van der Waals surface area contributed by atoms with Gasteiger partial charge in [-0.25, -0.2) is 23.2 Å². The summed E-state index contributed by atoms with van der Waals surface area (Å²) in [5.41, 5.74) is 8.32. The van der Waals surface area contributed by atoms with Gasteiger partial charge in [-0.05, 0) is 47.2 Å². The van der Waals surface area contributed by atoms with Crippen LogP contribution in [0.2, 0.25) is 5.02 Å². The highest BCUT2D eigenvalue weighted by molar-refractivity contribution is 6.33. The van der Waals surface area contributed by atoms with Gasteiger partial charge in [0, 0.05) is 29.4 Å². The van der Waals surface area contributed by atoms with Crippen molar-refractivity contribution in [2.45, 2.75) is 45.7 Å². The fourth-order valence-electron chi connectivity index (χ4n) is 4.99. The minimum Gasteiger partial charge on any atom is -0.447 e. The molecule has 0 unspecified atom stereocenters. The number of alkyl halides is 4. The van der Waals surface area contributed by atoms with Gasteiger partial charge in [-0.2, -0.15) is 19.0 Å². The quantitative estimate of drug-likeness (QED) is 0.110. The number of benzene rings is 2. The zero-order valence-electron chi connectivity index (χ0n) is 26.8. The molecule has 5 rings (SSSR count). The highest BCUT2D eigenvalue weighted by atomic mass is 35.5. The van der Waals surface area contributed by atoms with E-state index >= 15 is 0 Å². The molecule has 1 atom stereocenters. The Kier molecular flexibility index (Phi) is 10.3. The maximum absolute atomic E-state index is 14.4. The molecule has 1 saturated heterocycles. The Morgan fingerprint density at radius 3 is 2.45 bits per heavy atom. The van der Waals surface area contributed by atoms with Crippen molar-refractivity contribution in [2.75, 3.05) is 26.2 Å². The van der Waals surface area contributed by atoms with Crippen LogP contribution in [-0.2, 0) is 4.74 Å². The number of carbonyl (C=O) groups excluding carboxylic acids is 2. The monoisotopic (exact) mass is 703 g/mol. The van der Waals surface area contributed by atoms with Gasteiger partial charge in [0.2, 0.25) is 0 Å². The summed E-state index contributed by atoms with van der Waals surface area (Å²) in [5.74, 6) is -3.53. The number of guanidine groups is 1. The zero-order valence-corrected chi connectivity index (χ0v) is 27.5. The van der Waals surface area contributed by atoms with Crippen LogP contribution in [0.5, 0.6) is 0 Å². The summed E-state index contributed by atoms with van der Waals surface area (Å²) in [6.45, 7) is 1.42. The summed E-state index contributed by atoms with van der Waals surface area (Å²) in [6.07, 6.45) is 3.37. The molecule has 2 aromatic heterocycles. The number of nitrogens with zero attached hydrogens (tertiary/aromatic N) is 7. The summed E-state index contributed by atoms with van der Waals surface area (Å²) >= 11 is 6.48. The lowest BCUT2D eigenvalue weighted by Gasteiger charge is -2.38. The van der Waals surface area contributed by atoms with Gasteiger partial charge in [-0.1, -0.05) is 50.6 Å². The number of aromatic nitrogens is 5. The van der Waals surface area contributed by atoms with E-state index in [2.05, 4.69) is 25.3 Å². The molecule has 3 heterocycles. The van der Waals surface area contributed by atoms with Crippen molar-refractivity contribution < 1.29 is 31.9 Å². The number of amides is 2. The van der Waals surface area contributed by atoms with Crippen LogP contribution in [0, 0.1) is 5.41 Å². The number of likely N-dealkylation sites (tertiary alicyclic amines) is 1. The summed E-state index contributed by atoms with van der Waals surface area (Å²) in [6, 6.07) is 9.75. The first-order valence-corrected chi connectivity index (χ1v) is 15.5. The highest BCUT2D eigenvalue weighted by Gasteiger charge is 2.47. The molecule has 1 aliphatic rings. The predicted molar refractivity (Wildman–Crippen MR) is 173 cm³/mol. The van der Waals surface area contributed by atoms with Crippen LogP contribution < -0.4 is 5.73 Å². The van der Waals surface area contributed by atoms with Crippen LogP contribution in [0.3, 0.4) is 0 Å². The van der Waals surface area contributed by atoms with Gasteiger partial charge in [-0.3, -0.25) is 24.7 Å². The number of aromatic amines is 1. The minimum atomic E-state index is -3.02. The number of hydrogen-bond donors (Lipinski definition) is 2. The van der Waals surface area contributed by atoms with Crippen molar-refractivity contribution >= 4 is 29.6 Å². The average Bonchev–Trinajstić information content (AvgIpc) is 3.75. The number of nitrogens with one attached hydrogen (secondary N) is 1. The molecule has 12 nitrogen and oxygen atoms in total. The Morgan fingerprint density at radius 1 is 1.14 bits per heavy atom. The third-order valence-corrected chi connectivity index (χ3v) is 8.02. The van der Waals surface area contributed by atoms with Crippen molar-refractivity contribution in [2.24, 2.45) is 16.1 Å². The molecule has 0 aliphatic carbocycles. The molecule has 2 amide bonds. The molecule has 0 bridgehead atoms. The lowest BCUT2D eigenvalue weighted by Crippen LogP contribution is -2.58. The number of aliphatic imine (C=N–C) groups is 1. The molecule has 1 aliphatic heterocycles. The first-order valence-electron chi connectivity index (χ1n) is 15.1. The molecule has 0 radical (unpaired) electrons. The summed E-state index contributed by atoms with van der Waals surface area (Å²) in [5, 5.41) is 10.6. The molecule has 0 saturated carbocycles. The van der Waals surface area contributed by atoms with E-state index in [9.17, 15) is 27.2 Å². The van der Waals surface area contributed by atoms with E-state index in [0.717, 1.165) is 9.80 Å². The van der Waals surface area contributed by atoms with Crippen molar-refractivity contribution in [3.8, 4) is 22.5 Å². The maximum atomic E-state index is 14.4. The molecule has 260 valence electrons. The normalized spacial score (nSPS) is 15.2. The smallest absolute Gasteiger partial charge is 0.410 e. The van der Waals surface area contributed by atoms with Gasteiger partial charge in [0.1, 0.15) is 12.9 Å². The highest BCUT2D eigenvalue weighted by Crippen LogP contribution is 2.33. The lowest BCUT2D eigenvalue weighted by molar-refractivity contribution is -0.120. The summed E-state index contributed by atoms with van der Waals surface area (Å²) in [7, 11) is 0. The lowest BCUT2D eigenvalue weighted by atomic mass is 9.92. The molecule has 3 N–H and O–H groups in total. The SMILES string of the molecule is CC(C)(C)CCN=C(N)N(C(=O)c1ccc(-c2cnn(C(F)F)c2)cc1)[C@H](COC(=O)N1CC(F)(F)C1)c1ccc(Cl)c(-c2ncn[nH]2)c1. The summed E-state index contributed by atoms with van der Waals surface area (Å²) < 4.78 is 59.2. The number of nitrogens with two attached hydrogens (primary N) is 1. The Morgan fingerprint density at radius 2 is 1.86 bits per heavy atom. The van der Waals surface area contributed by atoms with Crippen LogP contribution in [-0.4, -0.2) is 84.9 Å². The van der Waals surface area contributed by atoms with E-state index < -0.39 is 50.2 Å². The van der Waals surface area contributed by atoms with Gasteiger partial charge in [0.05, 0.1) is 30.4 Å². The topological polar surface area (TPSA) is 148 Å². The van der Waals surface area contributed by atoms with Crippen molar-refractivity contribution in [1.29, 1.82) is 0 Å². The maximum Gasteiger partial charge on any atom is 0.410 e. The van der Waals surface area contributed by atoms with Gasteiger partial charge in [0.25, 0.3) is 11.8 Å². The predicted octanol–water partition coefficient (Wildman–Crippen LogP) is 6.41. The number of halogens is 5. The number of hydrogen-bond acceptors (Lipinski definition) is 7. The van der Waals surface area contributed by atoms with Gasteiger partial charge >= 0.3 is 12.6 Å². The fraction of sp³-hybridized carbons (Fsp3) is 0.375. The number of ether oxygens (including phenoxy) is 1. The van der Waals surface area contributed by atoms with E-state index in [1.807, 2.05) is 20.8 Å². The molecule has 4 aromatic rings. The van der Waals surface area contributed by atoms with E-state index in [4.69, 9.17) is 22.1 Å². The molecule has 49 heavy (non-hydrogen) atoms. The standard InChI is InChI=1S/C32H34ClF4N9O3/c1-31(2,3)10-11-39-29(38)46(27(47)20-6-4-19(5-7-20)22-13-42-45(14-22)28(34)35)25(15-49-30(48)44-16-32(36,37)17-44)21-8-9-24(33)23(12-21)26-40-18-41-43-26/h4-9,12-14,18,25,28H,10-11,15-17H2,1-3H3,(H2,38,39)(H,40,41,43)/t25-/m1/s1.